The van der Waals surface area contributed by atoms with E-state index >= 15 is 0 Å². The van der Waals surface area contributed by atoms with Crippen LogP contribution in [0.3, 0.4) is 0 Å². The Kier molecular flexibility index (Phi) is 5.57. The molecule has 0 spiro atoms. The van der Waals surface area contributed by atoms with E-state index in [9.17, 15) is 9.59 Å². The molecule has 0 bridgehead atoms. The molecule has 6 heteroatoms. The highest BCUT2D eigenvalue weighted by molar-refractivity contribution is 6.08. The summed E-state index contributed by atoms with van der Waals surface area (Å²) >= 11 is 0. The molecule has 3 heterocycles. The summed E-state index contributed by atoms with van der Waals surface area (Å²) < 4.78 is 5.16. The van der Waals surface area contributed by atoms with Gasteiger partial charge in [-0.3, -0.25) is 9.59 Å². The number of aromatic amines is 1. The smallest absolute Gasteiger partial charge is 0.291 e. The van der Waals surface area contributed by atoms with E-state index in [-0.39, 0.29) is 17.6 Å². The van der Waals surface area contributed by atoms with Gasteiger partial charge in [-0.2, -0.15) is 0 Å². The van der Waals surface area contributed by atoms with Crippen LogP contribution >= 0.6 is 0 Å². The number of H-pyrrole nitrogens is 1. The number of hydrogen-bond acceptors (Lipinski definition) is 3. The van der Waals surface area contributed by atoms with Crippen molar-refractivity contribution < 1.29 is 14.0 Å². The number of carbonyl (C=O) groups excluding carboxylic acids is 2. The fourth-order valence-electron chi connectivity index (χ4n) is 4.42. The van der Waals surface area contributed by atoms with Crippen molar-refractivity contribution in [3.05, 3.63) is 95.6 Å². The Balaban J connectivity index is 1.35. The number of nitrogens with one attached hydrogen (secondary N) is 2. The average Bonchev–Trinajstić information content (AvgIpc) is 3.54. The van der Waals surface area contributed by atoms with Crippen LogP contribution in [-0.4, -0.2) is 34.8 Å². The van der Waals surface area contributed by atoms with E-state index in [0.29, 0.717) is 24.3 Å². The molecule has 0 unspecified atom stereocenters. The van der Waals surface area contributed by atoms with Gasteiger partial charge in [0.05, 0.1) is 17.5 Å². The van der Waals surface area contributed by atoms with E-state index in [1.54, 1.807) is 36.4 Å². The van der Waals surface area contributed by atoms with Crippen molar-refractivity contribution in [1.82, 2.24) is 9.88 Å². The first-order valence-corrected chi connectivity index (χ1v) is 11.2. The average molecular weight is 440 g/mol. The minimum Gasteiger partial charge on any atom is -0.459 e. The maximum absolute atomic E-state index is 13.3. The first-order valence-electron chi connectivity index (χ1n) is 11.2. The third-order valence-corrected chi connectivity index (χ3v) is 6.18. The fourth-order valence-corrected chi connectivity index (χ4v) is 4.42. The van der Waals surface area contributed by atoms with Crippen LogP contribution in [0, 0.1) is 0 Å². The van der Waals surface area contributed by atoms with Crippen molar-refractivity contribution in [2.24, 2.45) is 0 Å². The molecule has 2 amide bonds. The molecule has 6 nitrogen and oxygen atoms in total. The first-order chi connectivity index (χ1) is 16.2. The number of benzene rings is 2. The Morgan fingerprint density at radius 1 is 1.09 bits per heavy atom. The summed E-state index contributed by atoms with van der Waals surface area (Å²) in [5.74, 6) is -0.285. The third-order valence-electron chi connectivity index (χ3n) is 6.18. The van der Waals surface area contributed by atoms with Crippen molar-refractivity contribution in [1.29, 1.82) is 0 Å². The second-order valence-electron chi connectivity index (χ2n) is 8.10. The van der Waals surface area contributed by atoms with Gasteiger partial charge in [-0.05, 0) is 48.2 Å². The monoisotopic (exact) mass is 439 g/mol. The lowest BCUT2D eigenvalue weighted by Crippen LogP contribution is -2.35. The van der Waals surface area contributed by atoms with Gasteiger partial charge in [-0.25, -0.2) is 0 Å². The molecule has 5 rings (SSSR count). The number of anilines is 1. The highest BCUT2D eigenvalue weighted by Crippen LogP contribution is 2.31. The Bertz CT molecular complexity index is 1350. The van der Waals surface area contributed by atoms with Gasteiger partial charge in [0, 0.05) is 35.8 Å². The van der Waals surface area contributed by atoms with Gasteiger partial charge < -0.3 is 19.6 Å². The minimum atomic E-state index is -0.383. The van der Waals surface area contributed by atoms with Crippen LogP contribution < -0.4 is 5.32 Å². The maximum atomic E-state index is 13.3. The topological polar surface area (TPSA) is 78.3 Å². The number of aromatic nitrogens is 1. The minimum absolute atomic E-state index is 0.104. The van der Waals surface area contributed by atoms with Gasteiger partial charge in [0.1, 0.15) is 0 Å². The highest BCUT2D eigenvalue weighted by atomic mass is 16.3. The van der Waals surface area contributed by atoms with Crippen LogP contribution in [-0.2, 0) is 6.42 Å². The van der Waals surface area contributed by atoms with Gasteiger partial charge in [0.15, 0.2) is 5.76 Å². The van der Waals surface area contributed by atoms with Crippen LogP contribution in [0.4, 0.5) is 5.69 Å². The van der Waals surface area contributed by atoms with E-state index in [0.717, 1.165) is 12.8 Å². The molecule has 0 aliphatic carbocycles. The molecule has 0 saturated heterocycles. The molecule has 2 aromatic carbocycles. The Labute approximate surface area is 191 Å². The van der Waals surface area contributed by atoms with Crippen molar-refractivity contribution in [2.45, 2.75) is 19.8 Å². The van der Waals surface area contributed by atoms with Crippen molar-refractivity contribution >= 4 is 34.0 Å². The molecule has 0 radical (unpaired) electrons. The molecule has 1 aliphatic heterocycles. The molecule has 2 aromatic heterocycles. The first kappa shape index (κ1) is 20.8. The van der Waals surface area contributed by atoms with E-state index in [1.165, 1.54) is 33.9 Å². The molecule has 0 atom stereocenters. The van der Waals surface area contributed by atoms with Crippen LogP contribution in [0.5, 0.6) is 0 Å². The highest BCUT2D eigenvalue weighted by Gasteiger charge is 2.23. The van der Waals surface area contributed by atoms with E-state index in [4.69, 9.17) is 4.42 Å². The molecule has 0 fully saturated rings. The lowest BCUT2D eigenvalue weighted by atomic mass is 9.97. The van der Waals surface area contributed by atoms with Gasteiger partial charge in [-0.1, -0.05) is 43.3 Å². The van der Waals surface area contributed by atoms with E-state index in [2.05, 4.69) is 47.7 Å². The zero-order valence-corrected chi connectivity index (χ0v) is 18.4. The maximum Gasteiger partial charge on any atom is 0.291 e. The molecule has 2 N–H and O–H groups in total. The van der Waals surface area contributed by atoms with Crippen LogP contribution in [0.15, 0.2) is 77.6 Å². The van der Waals surface area contributed by atoms with Gasteiger partial charge in [0.2, 0.25) is 0 Å². The summed E-state index contributed by atoms with van der Waals surface area (Å²) in [6, 6.07) is 16.7. The molecule has 1 aliphatic rings. The zero-order valence-electron chi connectivity index (χ0n) is 18.4. The predicted molar refractivity (Wildman–Crippen MR) is 129 cm³/mol. The largest absolute Gasteiger partial charge is 0.459 e. The number of amides is 2. The summed E-state index contributed by atoms with van der Waals surface area (Å²) in [4.78, 5) is 31.0. The normalized spacial score (nSPS) is 13.7. The molecule has 33 heavy (non-hydrogen) atoms. The quantitative estimate of drug-likeness (QED) is 0.431. The standard InChI is InChI=1S/C27H25N3O3/c1-2-18-7-5-9-20-22(17-28-25(18)20)19-12-14-30(15-13-19)27(32)21-8-3-4-10-23(21)29-26(31)24-11-6-16-33-24/h3-12,16-17,28H,2,13-15H2,1H3,(H,29,31). The van der Waals surface area contributed by atoms with E-state index in [1.807, 2.05) is 4.90 Å². The number of rotatable bonds is 5. The number of furan rings is 1. The van der Waals surface area contributed by atoms with Crippen molar-refractivity contribution in [2.75, 3.05) is 18.4 Å². The predicted octanol–water partition coefficient (Wildman–Crippen LogP) is 5.51. The Morgan fingerprint density at radius 2 is 1.97 bits per heavy atom. The number of aryl methyl sites for hydroxylation is 1. The SMILES string of the molecule is CCc1cccc2c(C3=CCN(C(=O)c4ccccc4NC(=O)c4ccco4)CC3)c[nH]c12. The number of fused-ring (bicyclic) bond motifs is 1. The number of para-hydroxylation sites is 2. The summed E-state index contributed by atoms with van der Waals surface area (Å²) in [7, 11) is 0. The number of carbonyl (C=O) groups is 2. The van der Waals surface area contributed by atoms with Gasteiger partial charge >= 0.3 is 0 Å². The summed E-state index contributed by atoms with van der Waals surface area (Å²) in [5.41, 5.74) is 5.89. The number of nitrogens with zero attached hydrogens (tertiary/aromatic N) is 1. The molecule has 4 aromatic rings. The molecular formula is C27H25N3O3. The Hall–Kier alpha value is -4.06. The van der Waals surface area contributed by atoms with Gasteiger partial charge in [-0.15, -0.1) is 0 Å². The Morgan fingerprint density at radius 3 is 2.73 bits per heavy atom. The van der Waals surface area contributed by atoms with Crippen LogP contribution in [0.2, 0.25) is 0 Å². The van der Waals surface area contributed by atoms with Crippen LogP contribution in [0.25, 0.3) is 16.5 Å². The second-order valence-corrected chi connectivity index (χ2v) is 8.10. The van der Waals surface area contributed by atoms with Crippen LogP contribution in [0.1, 0.15) is 45.4 Å². The van der Waals surface area contributed by atoms with Crippen molar-refractivity contribution in [3.8, 4) is 0 Å². The second kappa shape index (κ2) is 8.82. The molecule has 0 saturated carbocycles. The lowest BCUT2D eigenvalue weighted by molar-refractivity contribution is 0.0774. The molecule has 166 valence electrons. The van der Waals surface area contributed by atoms with Crippen molar-refractivity contribution in [3.63, 3.8) is 0 Å². The molecular weight excluding hydrogens is 414 g/mol. The van der Waals surface area contributed by atoms with E-state index < -0.39 is 0 Å². The summed E-state index contributed by atoms with van der Waals surface area (Å²) in [6.07, 6.45) is 7.41. The summed E-state index contributed by atoms with van der Waals surface area (Å²) in [6.45, 7) is 3.30. The summed E-state index contributed by atoms with van der Waals surface area (Å²) in [5, 5.41) is 4.02. The number of hydrogen-bond donors (Lipinski definition) is 2. The third kappa shape index (κ3) is 3.96. The zero-order chi connectivity index (χ0) is 22.8. The van der Waals surface area contributed by atoms with Gasteiger partial charge in [0.25, 0.3) is 11.8 Å². The fraction of sp³-hybridized carbons (Fsp3) is 0.185. The lowest BCUT2D eigenvalue weighted by Gasteiger charge is -2.27.